The number of hydrogen-bond acceptors (Lipinski definition) is 7. The van der Waals surface area contributed by atoms with E-state index < -0.39 is 18.6 Å². The lowest BCUT2D eigenvalue weighted by molar-refractivity contribution is -0.136. The van der Waals surface area contributed by atoms with Crippen LogP contribution in [0.2, 0.25) is 0 Å². The number of fused-ring (bicyclic) bond motifs is 1. The van der Waals surface area contributed by atoms with E-state index in [1.165, 1.54) is 21.3 Å². The van der Waals surface area contributed by atoms with Crippen molar-refractivity contribution in [1.29, 1.82) is 0 Å². The summed E-state index contributed by atoms with van der Waals surface area (Å²) in [5.74, 6) is 1.21. The zero-order valence-corrected chi connectivity index (χ0v) is 14.7. The molecule has 1 heterocycles. The summed E-state index contributed by atoms with van der Waals surface area (Å²) in [5, 5.41) is 3.40. The molecule has 0 amide bonds. The molecule has 0 saturated heterocycles. The lowest BCUT2D eigenvalue weighted by Gasteiger charge is -2.19. The fraction of sp³-hybridized carbons (Fsp3) is 0.500. The fourth-order valence-corrected chi connectivity index (χ4v) is 2.46. The molecule has 0 aliphatic rings. The molecule has 0 saturated carbocycles. The number of nitrogens with one attached hydrogen (secondary N) is 1. The highest BCUT2D eigenvalue weighted by Gasteiger charge is 2.28. The number of alkyl halides is 3. The normalized spacial score (nSPS) is 12.8. The summed E-state index contributed by atoms with van der Waals surface area (Å²) in [6.45, 7) is 0.0727. The quantitative estimate of drug-likeness (QED) is 0.734. The molecular weight excluding hydrogens is 353 g/mol. The summed E-state index contributed by atoms with van der Waals surface area (Å²) in [5.41, 5.74) is 6.44. The first-order valence-electron chi connectivity index (χ1n) is 7.79. The summed E-state index contributed by atoms with van der Waals surface area (Å²) < 4.78 is 52.8. The van der Waals surface area contributed by atoms with Crippen LogP contribution in [0.15, 0.2) is 12.1 Å². The number of aromatic nitrogens is 2. The zero-order valence-electron chi connectivity index (χ0n) is 14.7. The SMILES string of the molecule is COCC(CCC(F)(F)F)Nc1nc(N)c2cc(OC)c(OC)cc2n1. The van der Waals surface area contributed by atoms with E-state index in [4.69, 9.17) is 19.9 Å². The number of ether oxygens (including phenoxy) is 3. The highest BCUT2D eigenvalue weighted by Crippen LogP contribution is 2.33. The molecule has 2 aromatic rings. The van der Waals surface area contributed by atoms with Crippen molar-refractivity contribution >= 4 is 22.7 Å². The molecule has 1 aromatic heterocycles. The first kappa shape index (κ1) is 19.8. The first-order chi connectivity index (χ1) is 12.3. The van der Waals surface area contributed by atoms with Crippen molar-refractivity contribution in [2.24, 2.45) is 0 Å². The molecule has 0 aliphatic carbocycles. The largest absolute Gasteiger partial charge is 0.493 e. The minimum Gasteiger partial charge on any atom is -0.493 e. The Labute approximate surface area is 148 Å². The predicted molar refractivity (Wildman–Crippen MR) is 91.6 cm³/mol. The molecule has 10 heteroatoms. The highest BCUT2D eigenvalue weighted by molar-refractivity contribution is 5.91. The van der Waals surface area contributed by atoms with Crippen LogP contribution in [0.4, 0.5) is 24.9 Å². The molecule has 3 N–H and O–H groups in total. The average Bonchev–Trinajstić information content (AvgIpc) is 2.58. The minimum atomic E-state index is -4.25. The molecule has 0 aliphatic heterocycles. The van der Waals surface area contributed by atoms with Crippen molar-refractivity contribution in [1.82, 2.24) is 9.97 Å². The van der Waals surface area contributed by atoms with Gasteiger partial charge in [-0.15, -0.1) is 0 Å². The Hall–Kier alpha value is -2.49. The Morgan fingerprint density at radius 1 is 1.12 bits per heavy atom. The molecule has 2 rings (SSSR count). The highest BCUT2D eigenvalue weighted by atomic mass is 19.4. The van der Waals surface area contributed by atoms with Gasteiger partial charge in [0.2, 0.25) is 5.95 Å². The number of hydrogen-bond donors (Lipinski definition) is 2. The van der Waals surface area contributed by atoms with E-state index in [0.717, 1.165) is 0 Å². The molecule has 144 valence electrons. The van der Waals surface area contributed by atoms with Gasteiger partial charge >= 0.3 is 6.18 Å². The van der Waals surface area contributed by atoms with Crippen molar-refractivity contribution in [2.45, 2.75) is 25.1 Å². The van der Waals surface area contributed by atoms with Gasteiger partial charge in [0.25, 0.3) is 0 Å². The number of benzene rings is 1. The standard InChI is InChI=1S/C16H21F3N4O3/c1-24-8-9(4-5-16(17,18)19)21-15-22-11-7-13(26-3)12(25-2)6-10(11)14(20)23-15/h6-7,9H,4-5,8H2,1-3H3,(H3,20,21,22,23). The van der Waals surface area contributed by atoms with Gasteiger partial charge in [-0.25, -0.2) is 4.98 Å². The summed E-state index contributed by atoms with van der Waals surface area (Å²) >= 11 is 0. The predicted octanol–water partition coefficient (Wildman–Crippen LogP) is 3.00. The second kappa shape index (κ2) is 8.26. The van der Waals surface area contributed by atoms with Gasteiger partial charge in [-0.1, -0.05) is 0 Å². The second-order valence-electron chi connectivity index (χ2n) is 5.61. The number of anilines is 2. The number of halogens is 3. The average molecular weight is 374 g/mol. The molecule has 0 spiro atoms. The van der Waals surface area contributed by atoms with E-state index in [1.54, 1.807) is 12.1 Å². The molecule has 1 aromatic carbocycles. The number of nitrogen functional groups attached to an aromatic ring is 1. The van der Waals surface area contributed by atoms with Crippen molar-refractivity contribution in [3.05, 3.63) is 12.1 Å². The number of nitrogens with zero attached hydrogens (tertiary/aromatic N) is 2. The number of methoxy groups -OCH3 is 3. The Bertz CT molecular complexity index is 756. The molecule has 1 unspecified atom stereocenters. The number of nitrogens with two attached hydrogens (primary N) is 1. The van der Waals surface area contributed by atoms with Crippen LogP contribution in [0.1, 0.15) is 12.8 Å². The van der Waals surface area contributed by atoms with Crippen molar-refractivity contribution in [3.8, 4) is 11.5 Å². The van der Waals surface area contributed by atoms with E-state index in [9.17, 15) is 13.2 Å². The lowest BCUT2D eigenvalue weighted by Crippen LogP contribution is -2.28. The molecule has 0 fully saturated rings. The van der Waals surface area contributed by atoms with Crippen LogP contribution < -0.4 is 20.5 Å². The monoisotopic (exact) mass is 374 g/mol. The van der Waals surface area contributed by atoms with Gasteiger partial charge in [0.1, 0.15) is 5.82 Å². The van der Waals surface area contributed by atoms with Gasteiger partial charge in [0.15, 0.2) is 11.5 Å². The third-order valence-electron chi connectivity index (χ3n) is 3.71. The van der Waals surface area contributed by atoms with Crippen LogP contribution in [0, 0.1) is 0 Å². The molecule has 0 radical (unpaired) electrons. The maximum absolute atomic E-state index is 12.5. The maximum Gasteiger partial charge on any atom is 0.389 e. The van der Waals surface area contributed by atoms with Crippen molar-refractivity contribution in [2.75, 3.05) is 39.0 Å². The van der Waals surface area contributed by atoms with E-state index in [-0.39, 0.29) is 24.8 Å². The first-order valence-corrected chi connectivity index (χ1v) is 7.79. The van der Waals surface area contributed by atoms with Gasteiger partial charge in [-0.05, 0) is 12.5 Å². The minimum absolute atomic E-state index is 0.0727. The van der Waals surface area contributed by atoms with Crippen LogP contribution >= 0.6 is 0 Å². The van der Waals surface area contributed by atoms with Crippen LogP contribution in [0.5, 0.6) is 11.5 Å². The third-order valence-corrected chi connectivity index (χ3v) is 3.71. The molecular formula is C16H21F3N4O3. The van der Waals surface area contributed by atoms with Gasteiger partial charge < -0.3 is 25.3 Å². The van der Waals surface area contributed by atoms with E-state index in [1.807, 2.05) is 0 Å². The topological polar surface area (TPSA) is 91.5 Å². The van der Waals surface area contributed by atoms with Crippen LogP contribution in [-0.2, 0) is 4.74 Å². The molecule has 26 heavy (non-hydrogen) atoms. The van der Waals surface area contributed by atoms with Gasteiger partial charge in [0.05, 0.1) is 32.4 Å². The zero-order chi connectivity index (χ0) is 19.3. The van der Waals surface area contributed by atoms with Crippen molar-refractivity contribution < 1.29 is 27.4 Å². The Balaban J connectivity index is 2.30. The lowest BCUT2D eigenvalue weighted by atomic mass is 10.1. The number of rotatable bonds is 8. The maximum atomic E-state index is 12.5. The van der Waals surface area contributed by atoms with Crippen LogP contribution in [0.3, 0.4) is 0 Å². The van der Waals surface area contributed by atoms with Gasteiger partial charge in [-0.2, -0.15) is 18.2 Å². The second-order valence-corrected chi connectivity index (χ2v) is 5.61. The Morgan fingerprint density at radius 3 is 2.35 bits per heavy atom. The Kier molecular flexibility index (Phi) is 6.30. The third kappa shape index (κ3) is 5.01. The van der Waals surface area contributed by atoms with Crippen LogP contribution in [-0.4, -0.2) is 50.1 Å². The summed E-state index contributed by atoms with van der Waals surface area (Å²) in [7, 11) is 4.39. The summed E-state index contributed by atoms with van der Waals surface area (Å²) in [6.07, 6.45) is -5.37. The van der Waals surface area contributed by atoms with Gasteiger partial charge in [-0.3, -0.25) is 0 Å². The molecule has 1 atom stereocenters. The molecule has 7 nitrogen and oxygen atoms in total. The van der Waals surface area contributed by atoms with E-state index in [2.05, 4.69) is 15.3 Å². The van der Waals surface area contributed by atoms with E-state index >= 15 is 0 Å². The fourth-order valence-electron chi connectivity index (χ4n) is 2.46. The Morgan fingerprint density at radius 2 is 1.77 bits per heavy atom. The van der Waals surface area contributed by atoms with Crippen LogP contribution in [0.25, 0.3) is 10.9 Å². The molecule has 0 bridgehead atoms. The van der Waals surface area contributed by atoms with Gasteiger partial charge in [0, 0.05) is 25.0 Å². The summed E-state index contributed by atoms with van der Waals surface area (Å²) in [4.78, 5) is 8.43. The van der Waals surface area contributed by atoms with Crippen molar-refractivity contribution in [3.63, 3.8) is 0 Å². The summed E-state index contributed by atoms with van der Waals surface area (Å²) in [6, 6.07) is 2.65. The smallest absolute Gasteiger partial charge is 0.389 e. The van der Waals surface area contributed by atoms with E-state index in [0.29, 0.717) is 22.4 Å².